The van der Waals surface area contributed by atoms with Gasteiger partial charge < -0.3 is 0 Å². The van der Waals surface area contributed by atoms with Crippen molar-refractivity contribution in [2.75, 3.05) is 0 Å². The molecule has 1 aliphatic carbocycles. The van der Waals surface area contributed by atoms with Crippen LogP contribution in [0.15, 0.2) is 51.8 Å². The molecule has 0 spiro atoms. The van der Waals surface area contributed by atoms with E-state index in [2.05, 4.69) is 50.3 Å². The van der Waals surface area contributed by atoms with Gasteiger partial charge in [0.1, 0.15) is 0 Å². The van der Waals surface area contributed by atoms with Gasteiger partial charge in [0.15, 0.2) is 0 Å². The van der Waals surface area contributed by atoms with Gasteiger partial charge in [-0.2, -0.15) is 0 Å². The van der Waals surface area contributed by atoms with Gasteiger partial charge in [0.05, 0.1) is 0 Å². The van der Waals surface area contributed by atoms with Gasteiger partial charge in [0.2, 0.25) is 0 Å². The number of benzene rings is 1. The van der Waals surface area contributed by atoms with Crippen molar-refractivity contribution >= 4 is 11.8 Å². The summed E-state index contributed by atoms with van der Waals surface area (Å²) in [6.45, 7) is 4.60. The Morgan fingerprint density at radius 1 is 1.13 bits per heavy atom. The average molecular weight is 214 g/mol. The molecule has 3 rings (SSSR count). The molecule has 76 valence electrons. The molecule has 0 N–H and O–H groups in total. The van der Waals surface area contributed by atoms with Gasteiger partial charge in [-0.15, -0.1) is 0 Å². The van der Waals surface area contributed by atoms with Crippen molar-refractivity contribution in [3.05, 3.63) is 52.5 Å². The first-order valence-corrected chi connectivity index (χ1v) is 6.28. The monoisotopic (exact) mass is 214 g/mol. The molecule has 0 bridgehead atoms. The fourth-order valence-corrected chi connectivity index (χ4v) is 3.78. The highest BCUT2D eigenvalue weighted by Crippen LogP contribution is 2.50. The van der Waals surface area contributed by atoms with E-state index in [1.54, 1.807) is 4.91 Å². The Labute approximate surface area is 95.1 Å². The van der Waals surface area contributed by atoms with E-state index in [1.807, 2.05) is 11.8 Å². The smallest absolute Gasteiger partial charge is 0.0157 e. The van der Waals surface area contributed by atoms with E-state index in [0.717, 1.165) is 0 Å². The lowest BCUT2D eigenvalue weighted by molar-refractivity contribution is 0.856. The number of fused-ring (bicyclic) bond motifs is 1. The molecule has 1 heterocycles. The highest BCUT2D eigenvalue weighted by Gasteiger charge is 2.28. The Hall–Kier alpha value is -0.950. The van der Waals surface area contributed by atoms with Crippen molar-refractivity contribution in [1.29, 1.82) is 0 Å². The molecule has 2 atom stereocenters. The van der Waals surface area contributed by atoms with Gasteiger partial charge in [0, 0.05) is 21.6 Å². The molecule has 0 fully saturated rings. The molecule has 1 aromatic carbocycles. The van der Waals surface area contributed by atoms with Crippen LogP contribution in [0.25, 0.3) is 0 Å². The number of allylic oxidation sites excluding steroid dienone is 4. The van der Waals surface area contributed by atoms with Crippen LogP contribution < -0.4 is 0 Å². The van der Waals surface area contributed by atoms with E-state index < -0.39 is 0 Å². The Bertz CT molecular complexity index is 468. The molecule has 0 saturated heterocycles. The van der Waals surface area contributed by atoms with E-state index in [-0.39, 0.29) is 0 Å². The Kier molecular flexibility index (Phi) is 2.03. The molecule has 0 saturated carbocycles. The SMILES string of the molecule is CC1C=CC2=C1Sc1ccccc1C2C. The number of thioether (sulfide) groups is 1. The first kappa shape index (κ1) is 9.29. The zero-order valence-electron chi connectivity index (χ0n) is 9.03. The van der Waals surface area contributed by atoms with Crippen LogP contribution >= 0.6 is 11.8 Å². The molecular formula is C14H14S. The molecule has 0 amide bonds. The average Bonchev–Trinajstić information content (AvgIpc) is 2.62. The molecule has 1 heteroatoms. The summed E-state index contributed by atoms with van der Waals surface area (Å²) in [5, 5.41) is 0. The van der Waals surface area contributed by atoms with Crippen LogP contribution in [0.4, 0.5) is 0 Å². The molecule has 0 aromatic heterocycles. The second kappa shape index (κ2) is 3.28. The summed E-state index contributed by atoms with van der Waals surface area (Å²) in [4.78, 5) is 3.00. The third kappa shape index (κ3) is 1.30. The second-order valence-electron chi connectivity index (χ2n) is 4.33. The van der Waals surface area contributed by atoms with E-state index >= 15 is 0 Å². The van der Waals surface area contributed by atoms with E-state index in [4.69, 9.17) is 0 Å². The first-order valence-electron chi connectivity index (χ1n) is 5.46. The maximum absolute atomic E-state index is 2.32. The van der Waals surface area contributed by atoms with E-state index in [9.17, 15) is 0 Å². The minimum absolute atomic E-state index is 0.568. The number of hydrogen-bond donors (Lipinski definition) is 0. The van der Waals surface area contributed by atoms with Crippen LogP contribution in [-0.2, 0) is 0 Å². The quantitative estimate of drug-likeness (QED) is 0.618. The van der Waals surface area contributed by atoms with Gasteiger partial charge in [-0.3, -0.25) is 0 Å². The van der Waals surface area contributed by atoms with Crippen LogP contribution in [0.2, 0.25) is 0 Å². The highest BCUT2D eigenvalue weighted by atomic mass is 32.2. The summed E-state index contributed by atoms with van der Waals surface area (Å²) in [5.74, 6) is 1.18. The maximum Gasteiger partial charge on any atom is 0.0157 e. The summed E-state index contributed by atoms with van der Waals surface area (Å²) in [6.07, 6.45) is 4.63. The van der Waals surface area contributed by atoms with Crippen molar-refractivity contribution < 1.29 is 0 Å². The topological polar surface area (TPSA) is 0 Å². The van der Waals surface area contributed by atoms with Gasteiger partial charge in [-0.25, -0.2) is 0 Å². The van der Waals surface area contributed by atoms with Crippen molar-refractivity contribution in [2.24, 2.45) is 5.92 Å². The fourth-order valence-electron chi connectivity index (χ4n) is 2.41. The number of rotatable bonds is 0. The first-order chi connectivity index (χ1) is 7.27. The minimum Gasteiger partial charge on any atom is -0.0933 e. The summed E-state index contributed by atoms with van der Waals surface area (Å²) >= 11 is 1.96. The zero-order chi connectivity index (χ0) is 10.4. The molecular weight excluding hydrogens is 200 g/mol. The van der Waals surface area contributed by atoms with Crippen LogP contribution in [0.5, 0.6) is 0 Å². The van der Waals surface area contributed by atoms with E-state index in [0.29, 0.717) is 11.8 Å². The minimum atomic E-state index is 0.568. The van der Waals surface area contributed by atoms with Gasteiger partial charge >= 0.3 is 0 Å². The summed E-state index contributed by atoms with van der Waals surface area (Å²) in [7, 11) is 0. The second-order valence-corrected chi connectivity index (χ2v) is 5.41. The third-order valence-corrected chi connectivity index (χ3v) is 4.75. The molecule has 0 radical (unpaired) electrons. The van der Waals surface area contributed by atoms with Gasteiger partial charge in [0.25, 0.3) is 0 Å². The van der Waals surface area contributed by atoms with E-state index in [1.165, 1.54) is 16.0 Å². The normalized spacial score (nSPS) is 27.9. The molecule has 15 heavy (non-hydrogen) atoms. The van der Waals surface area contributed by atoms with Crippen molar-refractivity contribution in [1.82, 2.24) is 0 Å². The highest BCUT2D eigenvalue weighted by molar-refractivity contribution is 8.03. The lowest BCUT2D eigenvalue weighted by Gasteiger charge is -2.25. The zero-order valence-corrected chi connectivity index (χ0v) is 9.84. The molecule has 1 aromatic rings. The van der Waals surface area contributed by atoms with Crippen molar-refractivity contribution in [3.8, 4) is 0 Å². The molecule has 2 aliphatic rings. The Balaban J connectivity index is 2.13. The largest absolute Gasteiger partial charge is 0.0933 e. The van der Waals surface area contributed by atoms with Crippen molar-refractivity contribution in [3.63, 3.8) is 0 Å². The van der Waals surface area contributed by atoms with Crippen LogP contribution in [0, 0.1) is 5.92 Å². The molecule has 2 unspecified atom stereocenters. The van der Waals surface area contributed by atoms with Crippen molar-refractivity contribution in [2.45, 2.75) is 24.7 Å². The van der Waals surface area contributed by atoms with Crippen LogP contribution in [0.3, 0.4) is 0 Å². The summed E-state index contributed by atoms with van der Waals surface area (Å²) < 4.78 is 0. The van der Waals surface area contributed by atoms with Crippen LogP contribution in [-0.4, -0.2) is 0 Å². The molecule has 1 aliphatic heterocycles. The number of hydrogen-bond acceptors (Lipinski definition) is 1. The van der Waals surface area contributed by atoms with Gasteiger partial charge in [-0.05, 0) is 17.2 Å². The Morgan fingerprint density at radius 3 is 2.80 bits per heavy atom. The standard InChI is InChI=1S/C14H14S/c1-9-7-8-12-10(2)11-5-3-4-6-13(11)15-14(9)12/h3-10H,1-2H3. The van der Waals surface area contributed by atoms with Gasteiger partial charge in [-0.1, -0.05) is 56.0 Å². The predicted octanol–water partition coefficient (Wildman–Crippen LogP) is 4.36. The fraction of sp³-hybridized carbons (Fsp3) is 0.286. The lowest BCUT2D eigenvalue weighted by Crippen LogP contribution is -2.05. The summed E-state index contributed by atoms with van der Waals surface area (Å²) in [6, 6.07) is 8.78. The van der Waals surface area contributed by atoms with Crippen LogP contribution in [0.1, 0.15) is 25.3 Å². The maximum atomic E-state index is 2.32. The summed E-state index contributed by atoms with van der Waals surface area (Å²) in [5.41, 5.74) is 3.02. The third-order valence-electron chi connectivity index (χ3n) is 3.33. The Morgan fingerprint density at radius 2 is 1.93 bits per heavy atom. The molecule has 0 nitrogen and oxygen atoms in total. The predicted molar refractivity (Wildman–Crippen MR) is 66.0 cm³/mol. The lowest BCUT2D eigenvalue weighted by atomic mass is 9.93.